The smallest absolute Gasteiger partial charge is 0.296 e. The molecule has 1 saturated heterocycles. The van der Waals surface area contributed by atoms with E-state index in [4.69, 9.17) is 4.74 Å². The Morgan fingerprint density at radius 2 is 2.11 bits per heavy atom. The Morgan fingerprint density at radius 3 is 2.68 bits per heavy atom. The molecule has 104 valence electrons. The zero-order chi connectivity index (χ0) is 13.9. The Bertz CT molecular complexity index is 470. The van der Waals surface area contributed by atoms with Crippen LogP contribution in [-0.2, 0) is 0 Å². The van der Waals surface area contributed by atoms with Crippen LogP contribution in [0.1, 0.15) is 19.8 Å². The first-order valence-electron chi connectivity index (χ1n) is 6.35. The van der Waals surface area contributed by atoms with Crippen LogP contribution < -0.4 is 15.4 Å². The topological polar surface area (TPSA) is 76.4 Å². The summed E-state index contributed by atoms with van der Waals surface area (Å²) in [6.07, 6.45) is 1.88. The van der Waals surface area contributed by atoms with Crippen LogP contribution in [0.15, 0.2) is 18.2 Å². The summed E-state index contributed by atoms with van der Waals surface area (Å²) in [4.78, 5) is 10.8. The average Bonchev–Trinajstić information content (AvgIpc) is 2.39. The second kappa shape index (κ2) is 5.44. The fraction of sp³-hybridized carbons (Fsp3) is 0.538. The third-order valence-corrected chi connectivity index (χ3v) is 3.55. The summed E-state index contributed by atoms with van der Waals surface area (Å²) in [7, 11) is 1.50. The molecule has 0 atom stereocenters. The highest BCUT2D eigenvalue weighted by Crippen LogP contribution is 2.33. The number of nitro groups is 1. The van der Waals surface area contributed by atoms with Crippen LogP contribution in [0.4, 0.5) is 11.4 Å². The highest BCUT2D eigenvalue weighted by molar-refractivity contribution is 5.65. The Labute approximate surface area is 112 Å². The van der Waals surface area contributed by atoms with Crippen molar-refractivity contribution in [2.24, 2.45) is 0 Å². The standard InChI is InChI=1S/C13H19N3O3/c1-13(5-7-14-8-6-13)15-11-4-3-10(19-2)9-12(11)16(17)18/h3-4,9,14-15H,5-8H2,1-2H3. The molecule has 1 heterocycles. The van der Waals surface area contributed by atoms with E-state index < -0.39 is 0 Å². The van der Waals surface area contributed by atoms with Gasteiger partial charge in [-0.25, -0.2) is 0 Å². The number of nitrogens with zero attached hydrogens (tertiary/aromatic N) is 1. The maximum atomic E-state index is 11.1. The molecule has 0 aliphatic carbocycles. The fourth-order valence-electron chi connectivity index (χ4n) is 2.32. The van der Waals surface area contributed by atoms with Crippen molar-refractivity contribution in [3.63, 3.8) is 0 Å². The third kappa shape index (κ3) is 3.14. The van der Waals surface area contributed by atoms with Crippen LogP contribution in [0, 0.1) is 10.1 Å². The summed E-state index contributed by atoms with van der Waals surface area (Å²) in [5.74, 6) is 0.493. The number of piperidine rings is 1. The molecule has 0 amide bonds. The van der Waals surface area contributed by atoms with Gasteiger partial charge in [-0.2, -0.15) is 0 Å². The van der Waals surface area contributed by atoms with Crippen LogP contribution in [0.5, 0.6) is 5.75 Å². The van der Waals surface area contributed by atoms with E-state index in [0.29, 0.717) is 11.4 Å². The van der Waals surface area contributed by atoms with Crippen LogP contribution >= 0.6 is 0 Å². The second-order valence-corrected chi connectivity index (χ2v) is 5.08. The van der Waals surface area contributed by atoms with Gasteiger partial charge in [-0.05, 0) is 45.0 Å². The van der Waals surface area contributed by atoms with Gasteiger partial charge in [-0.3, -0.25) is 10.1 Å². The lowest BCUT2D eigenvalue weighted by atomic mass is 9.90. The molecule has 2 rings (SSSR count). The summed E-state index contributed by atoms with van der Waals surface area (Å²) in [5, 5.41) is 17.7. The van der Waals surface area contributed by atoms with Crippen molar-refractivity contribution in [1.29, 1.82) is 0 Å². The van der Waals surface area contributed by atoms with Crippen molar-refractivity contribution < 1.29 is 9.66 Å². The van der Waals surface area contributed by atoms with Gasteiger partial charge in [0, 0.05) is 5.54 Å². The molecule has 6 nitrogen and oxygen atoms in total. The van der Waals surface area contributed by atoms with E-state index in [1.54, 1.807) is 12.1 Å². The van der Waals surface area contributed by atoms with Crippen LogP contribution in [0.25, 0.3) is 0 Å². The number of hydrogen-bond donors (Lipinski definition) is 2. The molecule has 0 radical (unpaired) electrons. The summed E-state index contributed by atoms with van der Waals surface area (Å²) in [6.45, 7) is 3.95. The Balaban J connectivity index is 2.26. The lowest BCUT2D eigenvalue weighted by Gasteiger charge is -2.35. The molecule has 1 fully saturated rings. The first kappa shape index (κ1) is 13.6. The maximum absolute atomic E-state index is 11.1. The van der Waals surface area contributed by atoms with Crippen molar-refractivity contribution in [2.75, 3.05) is 25.5 Å². The van der Waals surface area contributed by atoms with E-state index in [0.717, 1.165) is 25.9 Å². The van der Waals surface area contributed by atoms with Gasteiger partial charge in [0.05, 0.1) is 18.1 Å². The molecule has 6 heteroatoms. The molecule has 1 aromatic carbocycles. The van der Waals surface area contributed by atoms with Crippen molar-refractivity contribution in [3.05, 3.63) is 28.3 Å². The van der Waals surface area contributed by atoms with Gasteiger partial charge in [-0.1, -0.05) is 0 Å². The number of rotatable bonds is 4. The molecule has 1 aliphatic rings. The zero-order valence-corrected chi connectivity index (χ0v) is 11.2. The van der Waals surface area contributed by atoms with E-state index >= 15 is 0 Å². The predicted molar refractivity (Wildman–Crippen MR) is 73.8 cm³/mol. The largest absolute Gasteiger partial charge is 0.496 e. The lowest BCUT2D eigenvalue weighted by Crippen LogP contribution is -2.45. The zero-order valence-electron chi connectivity index (χ0n) is 11.2. The Morgan fingerprint density at radius 1 is 1.42 bits per heavy atom. The molecular weight excluding hydrogens is 246 g/mol. The monoisotopic (exact) mass is 265 g/mol. The van der Waals surface area contributed by atoms with Gasteiger partial charge in [0.15, 0.2) is 0 Å². The molecular formula is C13H19N3O3. The molecule has 0 unspecified atom stereocenters. The van der Waals surface area contributed by atoms with Crippen molar-refractivity contribution >= 4 is 11.4 Å². The number of nitro benzene ring substituents is 1. The van der Waals surface area contributed by atoms with Gasteiger partial charge >= 0.3 is 0 Å². The van der Waals surface area contributed by atoms with Gasteiger partial charge in [0.1, 0.15) is 11.4 Å². The molecule has 0 aromatic heterocycles. The number of hydrogen-bond acceptors (Lipinski definition) is 5. The summed E-state index contributed by atoms with van der Waals surface area (Å²) < 4.78 is 5.03. The van der Waals surface area contributed by atoms with Gasteiger partial charge in [0.2, 0.25) is 0 Å². The van der Waals surface area contributed by atoms with E-state index in [-0.39, 0.29) is 16.1 Å². The minimum absolute atomic E-state index is 0.0547. The average molecular weight is 265 g/mol. The van der Waals surface area contributed by atoms with E-state index in [9.17, 15) is 10.1 Å². The van der Waals surface area contributed by atoms with Gasteiger partial charge in [-0.15, -0.1) is 0 Å². The minimum atomic E-state index is -0.380. The van der Waals surface area contributed by atoms with Crippen molar-refractivity contribution in [3.8, 4) is 5.75 Å². The fourth-order valence-corrected chi connectivity index (χ4v) is 2.32. The van der Waals surface area contributed by atoms with Crippen molar-refractivity contribution in [1.82, 2.24) is 5.32 Å². The van der Waals surface area contributed by atoms with Crippen LogP contribution in [-0.4, -0.2) is 30.7 Å². The highest BCUT2D eigenvalue weighted by atomic mass is 16.6. The van der Waals surface area contributed by atoms with Crippen LogP contribution in [0.3, 0.4) is 0 Å². The molecule has 19 heavy (non-hydrogen) atoms. The first-order valence-corrected chi connectivity index (χ1v) is 6.35. The van der Waals surface area contributed by atoms with E-state index in [2.05, 4.69) is 17.6 Å². The first-order chi connectivity index (χ1) is 9.04. The normalized spacial score (nSPS) is 17.8. The van der Waals surface area contributed by atoms with E-state index in [1.165, 1.54) is 13.2 Å². The molecule has 1 aliphatic heterocycles. The number of anilines is 1. The SMILES string of the molecule is COc1ccc(NC2(C)CCNCC2)c([N+](=O)[O-])c1. The van der Waals surface area contributed by atoms with Crippen LogP contribution in [0.2, 0.25) is 0 Å². The predicted octanol–water partition coefficient (Wildman–Crippen LogP) is 2.16. The molecule has 1 aromatic rings. The Hall–Kier alpha value is -1.82. The van der Waals surface area contributed by atoms with Gasteiger partial charge < -0.3 is 15.4 Å². The second-order valence-electron chi connectivity index (χ2n) is 5.08. The molecule has 0 spiro atoms. The Kier molecular flexibility index (Phi) is 3.90. The van der Waals surface area contributed by atoms with Crippen molar-refractivity contribution in [2.45, 2.75) is 25.3 Å². The summed E-state index contributed by atoms with van der Waals surface area (Å²) in [5.41, 5.74) is 0.499. The van der Waals surface area contributed by atoms with E-state index in [1.807, 2.05) is 0 Å². The number of benzene rings is 1. The number of nitrogens with one attached hydrogen (secondary N) is 2. The maximum Gasteiger partial charge on any atom is 0.296 e. The summed E-state index contributed by atoms with van der Waals surface area (Å²) >= 11 is 0. The van der Waals surface area contributed by atoms with Gasteiger partial charge in [0.25, 0.3) is 5.69 Å². The number of methoxy groups -OCH3 is 1. The molecule has 0 saturated carbocycles. The molecule has 2 N–H and O–H groups in total. The highest BCUT2D eigenvalue weighted by Gasteiger charge is 2.29. The molecule has 0 bridgehead atoms. The summed E-state index contributed by atoms with van der Waals surface area (Å²) in [6, 6.07) is 4.90. The number of ether oxygens (including phenoxy) is 1. The third-order valence-electron chi connectivity index (χ3n) is 3.55. The lowest BCUT2D eigenvalue weighted by molar-refractivity contribution is -0.384. The minimum Gasteiger partial charge on any atom is -0.496 e. The quantitative estimate of drug-likeness (QED) is 0.644.